The van der Waals surface area contributed by atoms with Crippen LogP contribution < -0.4 is 15.4 Å². The van der Waals surface area contributed by atoms with Crippen LogP contribution in [-0.4, -0.2) is 23.3 Å². The molecule has 0 spiro atoms. The van der Waals surface area contributed by atoms with E-state index in [1.165, 1.54) is 6.26 Å². The van der Waals surface area contributed by atoms with Gasteiger partial charge in [0.2, 0.25) is 0 Å². The number of carbonyl (C=O) groups excluding carboxylic acids is 1. The molecule has 2 aromatic rings. The smallest absolute Gasteiger partial charge is 0.315 e. The van der Waals surface area contributed by atoms with Crippen LogP contribution in [0, 0.1) is 6.92 Å². The Labute approximate surface area is 148 Å². The summed E-state index contributed by atoms with van der Waals surface area (Å²) in [4.78, 5) is 11.9. The van der Waals surface area contributed by atoms with E-state index in [0.29, 0.717) is 12.3 Å². The van der Waals surface area contributed by atoms with Crippen molar-refractivity contribution in [1.82, 2.24) is 10.6 Å². The van der Waals surface area contributed by atoms with Crippen molar-refractivity contribution in [3.05, 3.63) is 53.5 Å². The van der Waals surface area contributed by atoms with Crippen LogP contribution in [0.1, 0.15) is 43.8 Å². The van der Waals surface area contributed by atoms with Gasteiger partial charge in [0.25, 0.3) is 0 Å². The van der Waals surface area contributed by atoms with E-state index in [2.05, 4.69) is 10.6 Å². The molecule has 0 saturated carbocycles. The Morgan fingerprint density at radius 3 is 2.68 bits per heavy atom. The summed E-state index contributed by atoms with van der Waals surface area (Å²) in [5.74, 6) is 1.17. The molecule has 0 aliphatic carbocycles. The van der Waals surface area contributed by atoms with Gasteiger partial charge in [-0.05, 0) is 51.5 Å². The first-order valence-corrected chi connectivity index (χ1v) is 8.26. The van der Waals surface area contributed by atoms with E-state index >= 15 is 0 Å². The van der Waals surface area contributed by atoms with Crippen molar-refractivity contribution >= 4 is 6.03 Å². The highest BCUT2D eigenvalue weighted by molar-refractivity contribution is 5.73. The normalized spacial score (nSPS) is 12.5. The number of aliphatic hydroxyl groups excluding tert-OH is 1. The number of rotatable bonds is 6. The van der Waals surface area contributed by atoms with Gasteiger partial charge in [0.05, 0.1) is 12.8 Å². The van der Waals surface area contributed by atoms with Crippen LogP contribution in [0.3, 0.4) is 0 Å². The number of nitrogens with one attached hydrogen (secondary N) is 2. The number of benzene rings is 1. The van der Waals surface area contributed by atoms with Gasteiger partial charge in [-0.2, -0.15) is 0 Å². The van der Waals surface area contributed by atoms with Gasteiger partial charge >= 0.3 is 6.03 Å². The quantitative estimate of drug-likeness (QED) is 0.749. The Balaban J connectivity index is 1.89. The fourth-order valence-electron chi connectivity index (χ4n) is 2.24. The van der Waals surface area contributed by atoms with E-state index in [1.54, 1.807) is 12.1 Å². The molecular formula is C19H26N2O4. The summed E-state index contributed by atoms with van der Waals surface area (Å²) in [6, 6.07) is 8.85. The molecule has 0 saturated heterocycles. The topological polar surface area (TPSA) is 83.7 Å². The summed E-state index contributed by atoms with van der Waals surface area (Å²) in [5.41, 5.74) is 1.66. The van der Waals surface area contributed by atoms with E-state index in [1.807, 2.05) is 45.9 Å². The minimum absolute atomic E-state index is 0.0680. The van der Waals surface area contributed by atoms with Gasteiger partial charge < -0.3 is 24.9 Å². The van der Waals surface area contributed by atoms with Crippen molar-refractivity contribution in [1.29, 1.82) is 0 Å². The number of aryl methyl sites for hydroxylation is 1. The van der Waals surface area contributed by atoms with E-state index in [-0.39, 0.29) is 18.2 Å². The molecule has 0 aliphatic rings. The molecule has 1 atom stereocenters. The Kier molecular flexibility index (Phi) is 6.09. The Bertz CT molecular complexity index is 690. The Morgan fingerprint density at radius 1 is 1.28 bits per heavy atom. The number of furan rings is 1. The summed E-state index contributed by atoms with van der Waals surface area (Å²) in [7, 11) is 0. The van der Waals surface area contributed by atoms with Crippen molar-refractivity contribution in [3.8, 4) is 5.75 Å². The molecule has 0 aliphatic heterocycles. The third-order valence-electron chi connectivity index (χ3n) is 3.41. The monoisotopic (exact) mass is 346 g/mol. The average Bonchev–Trinajstić information content (AvgIpc) is 3.04. The minimum Gasteiger partial charge on any atom is -0.488 e. The zero-order chi connectivity index (χ0) is 18.4. The zero-order valence-electron chi connectivity index (χ0n) is 15.1. The van der Waals surface area contributed by atoms with Crippen molar-refractivity contribution in [2.75, 3.05) is 6.54 Å². The molecule has 2 rings (SSSR count). The first kappa shape index (κ1) is 18.9. The minimum atomic E-state index is -0.875. The molecule has 3 N–H and O–H groups in total. The summed E-state index contributed by atoms with van der Waals surface area (Å²) in [5, 5.41) is 15.3. The molecule has 0 radical (unpaired) electrons. The lowest BCUT2D eigenvalue weighted by Crippen LogP contribution is -2.37. The maximum Gasteiger partial charge on any atom is 0.315 e. The molecule has 6 nitrogen and oxygen atoms in total. The van der Waals surface area contributed by atoms with Gasteiger partial charge in [-0.1, -0.05) is 12.1 Å². The number of ether oxygens (including phenoxy) is 1. The third-order valence-corrected chi connectivity index (χ3v) is 3.41. The molecule has 2 amide bonds. The maximum atomic E-state index is 11.9. The van der Waals surface area contributed by atoms with Crippen molar-refractivity contribution in [2.45, 2.75) is 45.9 Å². The number of hydrogen-bond acceptors (Lipinski definition) is 4. The lowest BCUT2D eigenvalue weighted by atomic mass is 10.1. The largest absolute Gasteiger partial charge is 0.488 e. The highest BCUT2D eigenvalue weighted by atomic mass is 16.5. The highest BCUT2D eigenvalue weighted by Gasteiger charge is 2.16. The van der Waals surface area contributed by atoms with Crippen LogP contribution in [0.15, 0.2) is 41.0 Å². The maximum absolute atomic E-state index is 11.9. The predicted octanol–water partition coefficient (Wildman–Crippen LogP) is 3.30. The number of carbonyl (C=O) groups is 1. The van der Waals surface area contributed by atoms with E-state index in [9.17, 15) is 9.90 Å². The molecule has 1 aromatic heterocycles. The molecule has 0 bridgehead atoms. The second-order valence-corrected chi connectivity index (χ2v) is 6.92. The summed E-state index contributed by atoms with van der Waals surface area (Å²) in [6.07, 6.45) is 0.604. The number of hydrogen-bond donors (Lipinski definition) is 3. The second kappa shape index (κ2) is 8.07. The number of amides is 2. The zero-order valence-corrected chi connectivity index (χ0v) is 15.1. The summed E-state index contributed by atoms with van der Waals surface area (Å²) >= 11 is 0. The summed E-state index contributed by atoms with van der Waals surface area (Å²) in [6.45, 7) is 8.34. The van der Waals surface area contributed by atoms with Crippen LogP contribution in [0.5, 0.6) is 5.75 Å². The van der Waals surface area contributed by atoms with Crippen molar-refractivity contribution in [2.24, 2.45) is 0 Å². The SMILES string of the molecule is Cc1ccc(CNC(=O)NCC(O)c2ccco2)c(OC(C)(C)C)c1. The van der Waals surface area contributed by atoms with E-state index in [0.717, 1.165) is 16.9 Å². The average molecular weight is 346 g/mol. The Morgan fingerprint density at radius 2 is 2.04 bits per heavy atom. The Hall–Kier alpha value is -2.47. The third kappa shape index (κ3) is 6.15. The van der Waals surface area contributed by atoms with Crippen molar-refractivity contribution < 1.29 is 19.1 Å². The van der Waals surface area contributed by atoms with Crippen molar-refractivity contribution in [3.63, 3.8) is 0 Å². The summed E-state index contributed by atoms with van der Waals surface area (Å²) < 4.78 is 11.1. The van der Waals surface area contributed by atoms with Crippen LogP contribution >= 0.6 is 0 Å². The van der Waals surface area contributed by atoms with Gasteiger partial charge in [0.1, 0.15) is 23.2 Å². The molecule has 1 heterocycles. The van der Waals surface area contributed by atoms with Crippen LogP contribution in [0.25, 0.3) is 0 Å². The lowest BCUT2D eigenvalue weighted by molar-refractivity contribution is 0.129. The van der Waals surface area contributed by atoms with Crippen LogP contribution in [-0.2, 0) is 6.54 Å². The molecule has 136 valence electrons. The standard InChI is InChI=1S/C19H26N2O4/c1-13-7-8-14(17(10-13)25-19(2,3)4)11-20-18(23)21-12-15(22)16-6-5-9-24-16/h5-10,15,22H,11-12H2,1-4H3,(H2,20,21,23). The first-order valence-electron chi connectivity index (χ1n) is 8.26. The molecule has 25 heavy (non-hydrogen) atoms. The van der Waals surface area contributed by atoms with E-state index in [4.69, 9.17) is 9.15 Å². The fourth-order valence-corrected chi connectivity index (χ4v) is 2.24. The van der Waals surface area contributed by atoms with Gasteiger partial charge in [-0.25, -0.2) is 4.79 Å². The van der Waals surface area contributed by atoms with E-state index < -0.39 is 6.10 Å². The molecule has 0 fully saturated rings. The number of aliphatic hydroxyl groups is 1. The molecule has 6 heteroatoms. The van der Waals surface area contributed by atoms with Gasteiger partial charge in [-0.15, -0.1) is 0 Å². The van der Waals surface area contributed by atoms with Gasteiger partial charge in [0.15, 0.2) is 0 Å². The lowest BCUT2D eigenvalue weighted by Gasteiger charge is -2.24. The number of urea groups is 1. The molecule has 1 unspecified atom stereocenters. The van der Waals surface area contributed by atoms with Gasteiger partial charge in [-0.3, -0.25) is 0 Å². The van der Waals surface area contributed by atoms with Gasteiger partial charge in [0, 0.05) is 12.1 Å². The molecule has 1 aromatic carbocycles. The predicted molar refractivity (Wildman–Crippen MR) is 95.5 cm³/mol. The fraction of sp³-hybridized carbons (Fsp3) is 0.421. The van der Waals surface area contributed by atoms with Crippen LogP contribution in [0.4, 0.5) is 4.79 Å². The van der Waals surface area contributed by atoms with Crippen LogP contribution in [0.2, 0.25) is 0 Å². The highest BCUT2D eigenvalue weighted by Crippen LogP contribution is 2.24. The first-order chi connectivity index (χ1) is 11.7. The molecular weight excluding hydrogens is 320 g/mol. The second-order valence-electron chi connectivity index (χ2n) is 6.92.